The third-order valence-electron chi connectivity index (χ3n) is 2.13. The van der Waals surface area contributed by atoms with E-state index in [9.17, 15) is 5.11 Å². The van der Waals surface area contributed by atoms with Crippen LogP contribution in [0.15, 0.2) is 52.0 Å². The van der Waals surface area contributed by atoms with Crippen LogP contribution in [0.4, 0.5) is 0 Å². The van der Waals surface area contributed by atoms with Crippen LogP contribution in [-0.4, -0.2) is 11.7 Å². The normalized spacial score (nSPS) is 12.6. The Hall–Kier alpha value is -0.900. The maximum atomic E-state index is 9.33. The summed E-state index contributed by atoms with van der Waals surface area (Å²) in [7, 11) is 0. The second-order valence-corrected chi connectivity index (χ2v) is 4.89. The van der Waals surface area contributed by atoms with E-state index in [2.05, 4.69) is 0 Å². The van der Waals surface area contributed by atoms with Gasteiger partial charge < -0.3 is 9.52 Å². The van der Waals surface area contributed by atoms with Gasteiger partial charge in [-0.3, -0.25) is 0 Å². The van der Waals surface area contributed by atoms with Gasteiger partial charge in [-0.15, -0.1) is 11.8 Å². The standard InChI is InChI=1S/C12H11ClO2S/c13-9-4-1-2-6-11(9)16-12(8-14)10-5-3-7-15-10/h1-7,12,14H,8H2. The van der Waals surface area contributed by atoms with Gasteiger partial charge in [-0.05, 0) is 24.3 Å². The van der Waals surface area contributed by atoms with E-state index in [0.29, 0.717) is 5.02 Å². The van der Waals surface area contributed by atoms with E-state index in [1.54, 1.807) is 6.26 Å². The average Bonchev–Trinajstić information content (AvgIpc) is 2.81. The van der Waals surface area contributed by atoms with Crippen molar-refractivity contribution in [1.82, 2.24) is 0 Å². The summed E-state index contributed by atoms with van der Waals surface area (Å²) in [6, 6.07) is 11.2. The van der Waals surface area contributed by atoms with Crippen molar-refractivity contribution in [2.75, 3.05) is 6.61 Å². The molecule has 0 amide bonds. The fraction of sp³-hybridized carbons (Fsp3) is 0.167. The second kappa shape index (κ2) is 5.43. The Morgan fingerprint density at radius 2 is 2.06 bits per heavy atom. The average molecular weight is 255 g/mol. The van der Waals surface area contributed by atoms with Crippen LogP contribution in [0.1, 0.15) is 11.0 Å². The number of aliphatic hydroxyl groups excluding tert-OH is 1. The van der Waals surface area contributed by atoms with E-state index in [1.807, 2.05) is 36.4 Å². The number of furan rings is 1. The van der Waals surface area contributed by atoms with Crippen molar-refractivity contribution < 1.29 is 9.52 Å². The number of benzene rings is 1. The number of hydrogen-bond donors (Lipinski definition) is 1. The summed E-state index contributed by atoms with van der Waals surface area (Å²) in [5.41, 5.74) is 0. The zero-order chi connectivity index (χ0) is 11.4. The SMILES string of the molecule is OCC(Sc1ccccc1Cl)c1ccco1. The smallest absolute Gasteiger partial charge is 0.119 e. The zero-order valence-corrected chi connectivity index (χ0v) is 10.0. The van der Waals surface area contributed by atoms with Crippen molar-refractivity contribution in [3.63, 3.8) is 0 Å². The lowest BCUT2D eigenvalue weighted by Gasteiger charge is -2.11. The summed E-state index contributed by atoms with van der Waals surface area (Å²) in [5.74, 6) is 0.757. The summed E-state index contributed by atoms with van der Waals surface area (Å²) in [6.45, 7) is 0.0173. The van der Waals surface area contributed by atoms with Gasteiger partial charge in [-0.1, -0.05) is 23.7 Å². The Morgan fingerprint density at radius 1 is 1.25 bits per heavy atom. The molecule has 2 aromatic rings. The van der Waals surface area contributed by atoms with Gasteiger partial charge in [0.1, 0.15) is 5.76 Å². The maximum Gasteiger partial charge on any atom is 0.119 e. The van der Waals surface area contributed by atoms with Crippen LogP contribution in [0, 0.1) is 0 Å². The Morgan fingerprint density at radius 3 is 2.69 bits per heavy atom. The molecule has 0 saturated heterocycles. The third kappa shape index (κ3) is 2.61. The molecule has 84 valence electrons. The Balaban J connectivity index is 2.17. The Bertz CT molecular complexity index is 442. The highest BCUT2D eigenvalue weighted by atomic mass is 35.5. The largest absolute Gasteiger partial charge is 0.468 e. The number of rotatable bonds is 4. The van der Waals surface area contributed by atoms with E-state index in [1.165, 1.54) is 11.8 Å². The molecular weight excluding hydrogens is 244 g/mol. The van der Waals surface area contributed by atoms with Crippen LogP contribution < -0.4 is 0 Å². The first-order valence-corrected chi connectivity index (χ1v) is 6.12. The fourth-order valence-corrected chi connectivity index (χ4v) is 2.59. The summed E-state index contributed by atoms with van der Waals surface area (Å²) in [5, 5.41) is 9.90. The minimum atomic E-state index is -0.116. The third-order valence-corrected chi connectivity index (χ3v) is 3.85. The van der Waals surface area contributed by atoms with Crippen molar-refractivity contribution in [2.24, 2.45) is 0 Å². The highest BCUT2D eigenvalue weighted by molar-refractivity contribution is 7.99. The predicted molar refractivity (Wildman–Crippen MR) is 65.8 cm³/mol. The quantitative estimate of drug-likeness (QED) is 0.844. The Kier molecular flexibility index (Phi) is 3.93. The van der Waals surface area contributed by atoms with E-state index < -0.39 is 0 Å². The molecule has 1 atom stereocenters. The van der Waals surface area contributed by atoms with Gasteiger partial charge >= 0.3 is 0 Å². The molecule has 16 heavy (non-hydrogen) atoms. The molecule has 0 bridgehead atoms. The molecule has 0 aliphatic carbocycles. The molecular formula is C12H11ClO2S. The van der Waals surface area contributed by atoms with E-state index >= 15 is 0 Å². The monoisotopic (exact) mass is 254 g/mol. The number of thioether (sulfide) groups is 1. The number of hydrogen-bond acceptors (Lipinski definition) is 3. The van der Waals surface area contributed by atoms with Gasteiger partial charge in [-0.25, -0.2) is 0 Å². The lowest BCUT2D eigenvalue weighted by molar-refractivity contribution is 0.284. The van der Waals surface area contributed by atoms with Gasteiger partial charge in [-0.2, -0.15) is 0 Å². The second-order valence-electron chi connectivity index (χ2n) is 3.23. The molecule has 0 aliphatic rings. The minimum Gasteiger partial charge on any atom is -0.468 e. The lowest BCUT2D eigenvalue weighted by Crippen LogP contribution is -1.97. The molecule has 0 spiro atoms. The summed E-state index contributed by atoms with van der Waals surface area (Å²) in [6.07, 6.45) is 1.60. The molecule has 1 aromatic heterocycles. The minimum absolute atomic E-state index is 0.0173. The molecule has 1 unspecified atom stereocenters. The molecule has 0 saturated carbocycles. The van der Waals surface area contributed by atoms with Gasteiger partial charge in [0.05, 0.1) is 23.1 Å². The molecule has 0 radical (unpaired) electrons. The first-order valence-electron chi connectivity index (χ1n) is 4.86. The number of aliphatic hydroxyl groups is 1. The molecule has 1 aromatic carbocycles. The topological polar surface area (TPSA) is 33.4 Å². The fourth-order valence-electron chi connectivity index (χ4n) is 1.35. The van der Waals surface area contributed by atoms with Crippen LogP contribution in [0.3, 0.4) is 0 Å². The molecule has 1 N–H and O–H groups in total. The van der Waals surface area contributed by atoms with Crippen molar-refractivity contribution in [2.45, 2.75) is 10.1 Å². The molecule has 0 aliphatic heterocycles. The van der Waals surface area contributed by atoms with Crippen LogP contribution >= 0.6 is 23.4 Å². The maximum absolute atomic E-state index is 9.33. The van der Waals surface area contributed by atoms with Crippen molar-refractivity contribution in [3.8, 4) is 0 Å². The molecule has 0 fully saturated rings. The molecule has 1 heterocycles. The van der Waals surface area contributed by atoms with Gasteiger partial charge in [0.15, 0.2) is 0 Å². The van der Waals surface area contributed by atoms with Crippen LogP contribution in [-0.2, 0) is 0 Å². The van der Waals surface area contributed by atoms with Crippen molar-refractivity contribution in [3.05, 3.63) is 53.4 Å². The van der Waals surface area contributed by atoms with Crippen molar-refractivity contribution in [1.29, 1.82) is 0 Å². The number of halogens is 1. The lowest BCUT2D eigenvalue weighted by atomic mass is 10.3. The molecule has 2 rings (SSSR count). The van der Waals surface area contributed by atoms with Crippen molar-refractivity contribution >= 4 is 23.4 Å². The first-order chi connectivity index (χ1) is 7.81. The summed E-state index contributed by atoms with van der Waals surface area (Å²) < 4.78 is 5.27. The van der Waals surface area contributed by atoms with Gasteiger partial charge in [0.25, 0.3) is 0 Å². The highest BCUT2D eigenvalue weighted by Gasteiger charge is 2.16. The van der Waals surface area contributed by atoms with E-state index in [0.717, 1.165) is 10.7 Å². The van der Waals surface area contributed by atoms with Crippen LogP contribution in [0.25, 0.3) is 0 Å². The predicted octanol–water partition coefficient (Wildman–Crippen LogP) is 3.76. The summed E-state index contributed by atoms with van der Waals surface area (Å²) in [4.78, 5) is 0.944. The van der Waals surface area contributed by atoms with Crippen LogP contribution in [0.5, 0.6) is 0 Å². The summed E-state index contributed by atoms with van der Waals surface area (Å²) >= 11 is 7.55. The van der Waals surface area contributed by atoms with E-state index in [4.69, 9.17) is 16.0 Å². The van der Waals surface area contributed by atoms with Gasteiger partial charge in [0, 0.05) is 4.90 Å². The van der Waals surface area contributed by atoms with Crippen LogP contribution in [0.2, 0.25) is 5.02 Å². The molecule has 4 heteroatoms. The van der Waals surface area contributed by atoms with E-state index in [-0.39, 0.29) is 11.9 Å². The first kappa shape index (κ1) is 11.6. The molecule has 2 nitrogen and oxygen atoms in total. The Labute approximate surface area is 103 Å². The highest BCUT2D eigenvalue weighted by Crippen LogP contribution is 2.38. The van der Waals surface area contributed by atoms with Gasteiger partial charge in [0.2, 0.25) is 0 Å². The zero-order valence-electron chi connectivity index (χ0n) is 8.47.